The van der Waals surface area contributed by atoms with Gasteiger partial charge in [-0.1, -0.05) is 6.92 Å². The molecular weight excluding hydrogens is 228 g/mol. The summed E-state index contributed by atoms with van der Waals surface area (Å²) in [5, 5.41) is 3.11. The maximum absolute atomic E-state index is 11.9. The van der Waals surface area contributed by atoms with E-state index >= 15 is 0 Å². The first kappa shape index (κ1) is 13.1. The van der Waals surface area contributed by atoms with E-state index < -0.39 is 0 Å². The zero-order chi connectivity index (χ0) is 13.0. The Bertz CT molecular complexity index is 376. The summed E-state index contributed by atoms with van der Waals surface area (Å²) < 4.78 is 2.09. The van der Waals surface area contributed by atoms with Crippen molar-refractivity contribution in [2.45, 2.75) is 57.2 Å². The molecule has 1 fully saturated rings. The van der Waals surface area contributed by atoms with E-state index in [-0.39, 0.29) is 18.0 Å². The fourth-order valence-electron chi connectivity index (χ4n) is 2.58. The van der Waals surface area contributed by atoms with Crippen molar-refractivity contribution < 1.29 is 4.79 Å². The Hall–Kier alpha value is -1.36. The Morgan fingerprint density at radius 2 is 2.44 bits per heavy atom. The number of aromatic nitrogens is 2. The lowest BCUT2D eigenvalue weighted by Crippen LogP contribution is -2.40. The van der Waals surface area contributed by atoms with Gasteiger partial charge in [0.15, 0.2) is 0 Å². The molecule has 0 radical (unpaired) electrons. The SMILES string of the molecule is CCC(N)CC(=O)NC1CCCC1n1ccnc1. The molecule has 100 valence electrons. The first-order valence-electron chi connectivity index (χ1n) is 6.73. The lowest BCUT2D eigenvalue weighted by atomic mass is 10.1. The molecule has 1 aliphatic carbocycles. The van der Waals surface area contributed by atoms with Crippen LogP contribution in [-0.2, 0) is 4.79 Å². The van der Waals surface area contributed by atoms with Crippen molar-refractivity contribution >= 4 is 5.91 Å². The molecule has 0 aromatic carbocycles. The lowest BCUT2D eigenvalue weighted by Gasteiger charge is -2.22. The van der Waals surface area contributed by atoms with Gasteiger partial charge in [-0.15, -0.1) is 0 Å². The van der Waals surface area contributed by atoms with Crippen LogP contribution in [0.15, 0.2) is 18.7 Å². The molecule has 1 heterocycles. The number of amides is 1. The average molecular weight is 250 g/mol. The summed E-state index contributed by atoms with van der Waals surface area (Å²) >= 11 is 0. The first-order chi connectivity index (χ1) is 8.70. The van der Waals surface area contributed by atoms with Gasteiger partial charge in [0.25, 0.3) is 0 Å². The molecule has 1 amide bonds. The van der Waals surface area contributed by atoms with E-state index in [1.54, 1.807) is 6.20 Å². The van der Waals surface area contributed by atoms with Crippen LogP contribution in [0.4, 0.5) is 0 Å². The largest absolute Gasteiger partial charge is 0.351 e. The minimum absolute atomic E-state index is 0.0295. The van der Waals surface area contributed by atoms with Gasteiger partial charge in [0.05, 0.1) is 12.4 Å². The second kappa shape index (κ2) is 6.00. The third-order valence-electron chi connectivity index (χ3n) is 3.71. The van der Waals surface area contributed by atoms with Crippen LogP contribution in [0.25, 0.3) is 0 Å². The highest BCUT2D eigenvalue weighted by atomic mass is 16.1. The van der Waals surface area contributed by atoms with Crippen LogP contribution in [0.2, 0.25) is 0 Å². The van der Waals surface area contributed by atoms with Crippen LogP contribution in [0.3, 0.4) is 0 Å². The molecule has 3 unspecified atom stereocenters. The summed E-state index contributed by atoms with van der Waals surface area (Å²) in [6, 6.07) is 0.531. The third-order valence-corrected chi connectivity index (χ3v) is 3.71. The quantitative estimate of drug-likeness (QED) is 0.825. The molecule has 1 aromatic heterocycles. The molecule has 1 saturated carbocycles. The van der Waals surface area contributed by atoms with Crippen molar-refractivity contribution in [2.24, 2.45) is 5.73 Å². The topological polar surface area (TPSA) is 72.9 Å². The fraction of sp³-hybridized carbons (Fsp3) is 0.692. The molecule has 3 atom stereocenters. The third kappa shape index (κ3) is 3.10. The van der Waals surface area contributed by atoms with Crippen molar-refractivity contribution in [3.63, 3.8) is 0 Å². The maximum Gasteiger partial charge on any atom is 0.221 e. The summed E-state index contributed by atoms with van der Waals surface area (Å²) in [7, 11) is 0. The van der Waals surface area contributed by atoms with E-state index in [0.717, 1.165) is 25.7 Å². The molecule has 18 heavy (non-hydrogen) atoms. The van der Waals surface area contributed by atoms with Gasteiger partial charge in [0.2, 0.25) is 5.91 Å². The van der Waals surface area contributed by atoms with Crippen LogP contribution in [0, 0.1) is 0 Å². The van der Waals surface area contributed by atoms with Gasteiger partial charge in [0.1, 0.15) is 0 Å². The van der Waals surface area contributed by atoms with Gasteiger partial charge in [-0.3, -0.25) is 4.79 Å². The van der Waals surface area contributed by atoms with Gasteiger partial charge in [0, 0.05) is 30.9 Å². The molecule has 1 aliphatic rings. The van der Waals surface area contributed by atoms with Gasteiger partial charge >= 0.3 is 0 Å². The summed E-state index contributed by atoms with van der Waals surface area (Å²) in [6.07, 6.45) is 10.1. The van der Waals surface area contributed by atoms with E-state index in [0.29, 0.717) is 12.5 Å². The van der Waals surface area contributed by atoms with E-state index in [1.165, 1.54) is 0 Å². The van der Waals surface area contributed by atoms with Crippen LogP contribution < -0.4 is 11.1 Å². The number of carbonyl (C=O) groups is 1. The number of nitrogens with one attached hydrogen (secondary N) is 1. The second-order valence-corrected chi connectivity index (χ2v) is 5.05. The molecule has 0 aliphatic heterocycles. The number of hydrogen-bond acceptors (Lipinski definition) is 3. The number of carbonyl (C=O) groups excluding carboxylic acids is 1. The smallest absolute Gasteiger partial charge is 0.221 e. The summed E-state index contributed by atoms with van der Waals surface area (Å²) in [5.41, 5.74) is 5.80. The van der Waals surface area contributed by atoms with Gasteiger partial charge < -0.3 is 15.6 Å². The molecule has 0 saturated heterocycles. The van der Waals surface area contributed by atoms with Crippen LogP contribution in [-0.4, -0.2) is 27.5 Å². The molecular formula is C13H22N4O. The molecule has 5 nitrogen and oxygen atoms in total. The van der Waals surface area contributed by atoms with Gasteiger partial charge in [-0.25, -0.2) is 4.98 Å². The Balaban J connectivity index is 1.90. The monoisotopic (exact) mass is 250 g/mol. The lowest BCUT2D eigenvalue weighted by molar-refractivity contribution is -0.122. The molecule has 3 N–H and O–H groups in total. The van der Waals surface area contributed by atoms with Crippen molar-refractivity contribution in [3.05, 3.63) is 18.7 Å². The summed E-state index contributed by atoms with van der Waals surface area (Å²) in [5.74, 6) is 0.0707. The fourth-order valence-corrected chi connectivity index (χ4v) is 2.58. The van der Waals surface area contributed by atoms with Crippen molar-refractivity contribution in [1.29, 1.82) is 0 Å². The van der Waals surface area contributed by atoms with E-state index in [2.05, 4.69) is 14.9 Å². The Morgan fingerprint density at radius 3 is 3.11 bits per heavy atom. The summed E-state index contributed by atoms with van der Waals surface area (Å²) in [4.78, 5) is 15.9. The van der Waals surface area contributed by atoms with E-state index in [9.17, 15) is 4.79 Å². The van der Waals surface area contributed by atoms with Crippen molar-refractivity contribution in [3.8, 4) is 0 Å². The number of rotatable bonds is 5. The Labute approximate surface area is 108 Å². The molecule has 0 spiro atoms. The number of nitrogens with zero attached hydrogens (tertiary/aromatic N) is 2. The van der Waals surface area contributed by atoms with Gasteiger partial charge in [-0.05, 0) is 25.7 Å². The van der Waals surface area contributed by atoms with E-state index in [1.807, 2.05) is 19.4 Å². The van der Waals surface area contributed by atoms with Crippen LogP contribution in [0.5, 0.6) is 0 Å². The predicted octanol–water partition coefficient (Wildman–Crippen LogP) is 1.22. The number of imidazole rings is 1. The van der Waals surface area contributed by atoms with Crippen LogP contribution >= 0.6 is 0 Å². The molecule has 2 rings (SSSR count). The van der Waals surface area contributed by atoms with Crippen molar-refractivity contribution in [1.82, 2.24) is 14.9 Å². The van der Waals surface area contributed by atoms with E-state index in [4.69, 9.17) is 5.73 Å². The van der Waals surface area contributed by atoms with Crippen molar-refractivity contribution in [2.75, 3.05) is 0 Å². The Kier molecular flexibility index (Phi) is 4.36. The molecule has 0 bridgehead atoms. The minimum atomic E-state index is -0.0295. The molecule has 1 aromatic rings. The average Bonchev–Trinajstić information content (AvgIpc) is 2.98. The predicted molar refractivity (Wildman–Crippen MR) is 69.9 cm³/mol. The first-order valence-corrected chi connectivity index (χ1v) is 6.73. The number of hydrogen-bond donors (Lipinski definition) is 2. The Morgan fingerprint density at radius 1 is 1.61 bits per heavy atom. The second-order valence-electron chi connectivity index (χ2n) is 5.05. The highest BCUT2D eigenvalue weighted by Gasteiger charge is 2.29. The zero-order valence-corrected chi connectivity index (χ0v) is 10.9. The zero-order valence-electron chi connectivity index (χ0n) is 10.9. The van der Waals surface area contributed by atoms with Gasteiger partial charge in [-0.2, -0.15) is 0 Å². The standard InChI is InChI=1S/C13H22N4O/c1-2-10(14)8-13(18)16-11-4-3-5-12(11)17-7-6-15-9-17/h6-7,9-12H,2-5,8,14H2,1H3,(H,16,18). The minimum Gasteiger partial charge on any atom is -0.351 e. The van der Waals surface area contributed by atoms with Crippen LogP contribution in [0.1, 0.15) is 45.1 Å². The summed E-state index contributed by atoms with van der Waals surface area (Å²) in [6.45, 7) is 2.00. The normalized spacial score (nSPS) is 25.0. The highest BCUT2D eigenvalue weighted by Crippen LogP contribution is 2.29. The number of nitrogens with two attached hydrogens (primary N) is 1. The molecule has 5 heteroatoms. The highest BCUT2D eigenvalue weighted by molar-refractivity contribution is 5.77. The maximum atomic E-state index is 11.9.